The molecule has 8 heteroatoms. The Hall–Kier alpha value is -3.03. The number of hydrogen-bond donors (Lipinski definition) is 2. The molecule has 8 nitrogen and oxygen atoms in total. The topological polar surface area (TPSA) is 97.6 Å². The summed E-state index contributed by atoms with van der Waals surface area (Å²) in [6, 6.07) is 1.76. The van der Waals surface area contributed by atoms with Crippen LogP contribution >= 0.6 is 0 Å². The number of fused-ring (bicyclic) bond motifs is 1. The molecule has 0 saturated carbocycles. The molecular weight excluding hydrogens is 342 g/mol. The van der Waals surface area contributed by atoms with E-state index in [1.165, 1.54) is 5.56 Å². The predicted octanol–water partition coefficient (Wildman–Crippen LogP) is 1.84. The SMILES string of the molecule is Cc1nc2c(c(C)nn2C)c(C)c1CCC(=O)NCCNc1ncccn1. The van der Waals surface area contributed by atoms with Gasteiger partial charge in [0, 0.05) is 50.0 Å². The van der Waals surface area contributed by atoms with Gasteiger partial charge in [-0.3, -0.25) is 9.48 Å². The first-order chi connectivity index (χ1) is 13.0. The first-order valence-corrected chi connectivity index (χ1v) is 9.04. The molecule has 2 N–H and O–H groups in total. The van der Waals surface area contributed by atoms with Crippen molar-refractivity contribution in [3.05, 3.63) is 41.0 Å². The third-order valence-corrected chi connectivity index (χ3v) is 4.63. The third kappa shape index (κ3) is 4.21. The maximum absolute atomic E-state index is 12.2. The second kappa shape index (κ2) is 8.11. The van der Waals surface area contributed by atoms with Crippen LogP contribution in [0, 0.1) is 20.8 Å². The van der Waals surface area contributed by atoms with Crippen LogP contribution in [0.25, 0.3) is 11.0 Å². The number of carbonyl (C=O) groups excluding carboxylic acids is 1. The lowest BCUT2D eigenvalue weighted by molar-refractivity contribution is -0.120. The van der Waals surface area contributed by atoms with E-state index in [0.717, 1.165) is 28.0 Å². The van der Waals surface area contributed by atoms with Gasteiger partial charge in [0.2, 0.25) is 11.9 Å². The summed E-state index contributed by atoms with van der Waals surface area (Å²) in [6.45, 7) is 7.17. The van der Waals surface area contributed by atoms with E-state index in [2.05, 4.69) is 37.6 Å². The summed E-state index contributed by atoms with van der Waals surface area (Å²) >= 11 is 0. The summed E-state index contributed by atoms with van der Waals surface area (Å²) < 4.78 is 1.81. The number of hydrogen-bond acceptors (Lipinski definition) is 6. The summed E-state index contributed by atoms with van der Waals surface area (Å²) in [5, 5.41) is 11.5. The maximum Gasteiger partial charge on any atom is 0.222 e. The number of pyridine rings is 1. The van der Waals surface area contributed by atoms with Gasteiger partial charge in [-0.15, -0.1) is 0 Å². The molecule has 3 heterocycles. The summed E-state index contributed by atoms with van der Waals surface area (Å²) in [7, 11) is 1.91. The van der Waals surface area contributed by atoms with E-state index >= 15 is 0 Å². The molecule has 142 valence electrons. The van der Waals surface area contributed by atoms with Crippen LogP contribution in [0.5, 0.6) is 0 Å². The van der Waals surface area contributed by atoms with Gasteiger partial charge in [0.1, 0.15) is 0 Å². The largest absolute Gasteiger partial charge is 0.354 e. The van der Waals surface area contributed by atoms with Crippen molar-refractivity contribution in [2.45, 2.75) is 33.6 Å². The van der Waals surface area contributed by atoms with E-state index in [9.17, 15) is 4.79 Å². The molecule has 0 fully saturated rings. The van der Waals surface area contributed by atoms with Gasteiger partial charge in [-0.05, 0) is 44.4 Å². The van der Waals surface area contributed by atoms with Gasteiger partial charge in [0.15, 0.2) is 5.65 Å². The Bertz CT molecular complexity index is 950. The second-order valence-corrected chi connectivity index (χ2v) is 6.56. The Morgan fingerprint density at radius 2 is 1.85 bits per heavy atom. The lowest BCUT2D eigenvalue weighted by atomic mass is 9.99. The average Bonchev–Trinajstić information content (AvgIpc) is 2.93. The first kappa shape index (κ1) is 18.8. The highest BCUT2D eigenvalue weighted by Crippen LogP contribution is 2.25. The van der Waals surface area contributed by atoms with E-state index in [4.69, 9.17) is 0 Å². The minimum atomic E-state index is 0.0209. The zero-order chi connectivity index (χ0) is 19.4. The molecular formula is C19H25N7O. The van der Waals surface area contributed by atoms with Crippen molar-refractivity contribution < 1.29 is 4.79 Å². The van der Waals surface area contributed by atoms with Gasteiger partial charge in [0.05, 0.1) is 5.69 Å². The molecule has 3 aromatic rings. The van der Waals surface area contributed by atoms with Crippen LogP contribution in [-0.4, -0.2) is 43.7 Å². The van der Waals surface area contributed by atoms with Crippen molar-refractivity contribution in [1.29, 1.82) is 0 Å². The second-order valence-electron chi connectivity index (χ2n) is 6.56. The summed E-state index contributed by atoms with van der Waals surface area (Å²) in [5.74, 6) is 0.580. The van der Waals surface area contributed by atoms with E-state index in [0.29, 0.717) is 31.9 Å². The van der Waals surface area contributed by atoms with E-state index < -0.39 is 0 Å². The summed E-state index contributed by atoms with van der Waals surface area (Å²) in [5.41, 5.74) is 5.12. The first-order valence-electron chi connectivity index (χ1n) is 9.04. The molecule has 0 saturated heterocycles. The maximum atomic E-state index is 12.2. The molecule has 3 rings (SSSR count). The number of amides is 1. The van der Waals surface area contributed by atoms with E-state index in [1.807, 2.05) is 25.6 Å². The minimum absolute atomic E-state index is 0.0209. The Kier molecular flexibility index (Phi) is 5.63. The molecule has 0 aliphatic carbocycles. The molecule has 0 spiro atoms. The quantitative estimate of drug-likeness (QED) is 0.619. The molecule has 0 atom stereocenters. The fraction of sp³-hybridized carbons (Fsp3) is 0.421. The molecule has 0 bridgehead atoms. The number of rotatable bonds is 7. The lowest BCUT2D eigenvalue weighted by Crippen LogP contribution is -2.29. The van der Waals surface area contributed by atoms with Gasteiger partial charge in [-0.2, -0.15) is 5.10 Å². The monoisotopic (exact) mass is 367 g/mol. The standard InChI is InChI=1S/C19H25N7O/c1-12-15(13(2)24-18-17(12)14(3)25-26(18)4)6-7-16(27)20-10-11-23-19-21-8-5-9-22-19/h5,8-9H,6-7,10-11H2,1-4H3,(H,20,27)(H,21,22,23). The molecule has 0 aliphatic rings. The minimum Gasteiger partial charge on any atom is -0.354 e. The molecule has 3 aromatic heterocycles. The normalized spacial score (nSPS) is 11.0. The van der Waals surface area contributed by atoms with Crippen LogP contribution in [0.1, 0.15) is 28.9 Å². The van der Waals surface area contributed by atoms with Crippen molar-refractivity contribution in [3.8, 4) is 0 Å². The van der Waals surface area contributed by atoms with Crippen LogP contribution in [0.4, 0.5) is 5.95 Å². The Morgan fingerprint density at radius 3 is 2.59 bits per heavy atom. The zero-order valence-electron chi connectivity index (χ0n) is 16.2. The number of anilines is 1. The predicted molar refractivity (Wildman–Crippen MR) is 105 cm³/mol. The van der Waals surface area contributed by atoms with Crippen LogP contribution in [0.3, 0.4) is 0 Å². The van der Waals surface area contributed by atoms with Gasteiger partial charge in [-0.25, -0.2) is 15.0 Å². The number of nitrogens with zero attached hydrogens (tertiary/aromatic N) is 5. The van der Waals surface area contributed by atoms with Crippen LogP contribution in [-0.2, 0) is 18.3 Å². The lowest BCUT2D eigenvalue weighted by Gasteiger charge is -2.11. The van der Waals surface area contributed by atoms with Crippen molar-refractivity contribution in [2.24, 2.45) is 7.05 Å². The van der Waals surface area contributed by atoms with Gasteiger partial charge < -0.3 is 10.6 Å². The highest BCUT2D eigenvalue weighted by atomic mass is 16.1. The highest BCUT2D eigenvalue weighted by molar-refractivity contribution is 5.84. The third-order valence-electron chi connectivity index (χ3n) is 4.63. The molecule has 0 aromatic carbocycles. The van der Waals surface area contributed by atoms with Crippen LogP contribution < -0.4 is 10.6 Å². The van der Waals surface area contributed by atoms with Crippen molar-refractivity contribution in [3.63, 3.8) is 0 Å². The molecule has 27 heavy (non-hydrogen) atoms. The molecule has 0 aliphatic heterocycles. The van der Waals surface area contributed by atoms with Gasteiger partial charge >= 0.3 is 0 Å². The number of nitrogens with one attached hydrogen (secondary N) is 2. The van der Waals surface area contributed by atoms with Gasteiger partial charge in [0.25, 0.3) is 0 Å². The molecule has 0 radical (unpaired) electrons. The summed E-state index contributed by atoms with van der Waals surface area (Å²) in [6.07, 6.45) is 4.44. The molecule has 1 amide bonds. The van der Waals surface area contributed by atoms with E-state index in [-0.39, 0.29) is 5.91 Å². The average molecular weight is 367 g/mol. The fourth-order valence-electron chi connectivity index (χ4n) is 3.32. The highest BCUT2D eigenvalue weighted by Gasteiger charge is 2.16. The Balaban J connectivity index is 1.55. The zero-order valence-corrected chi connectivity index (χ0v) is 16.2. The Morgan fingerprint density at radius 1 is 1.11 bits per heavy atom. The van der Waals surface area contributed by atoms with Crippen molar-refractivity contribution in [2.75, 3.05) is 18.4 Å². The number of aryl methyl sites for hydroxylation is 4. The summed E-state index contributed by atoms with van der Waals surface area (Å²) in [4.78, 5) is 25.0. The van der Waals surface area contributed by atoms with Crippen LogP contribution in [0.15, 0.2) is 18.5 Å². The molecule has 0 unspecified atom stereocenters. The van der Waals surface area contributed by atoms with E-state index in [1.54, 1.807) is 18.5 Å². The van der Waals surface area contributed by atoms with Gasteiger partial charge in [-0.1, -0.05) is 0 Å². The van der Waals surface area contributed by atoms with Crippen molar-refractivity contribution >= 4 is 22.9 Å². The number of carbonyl (C=O) groups is 1. The Labute approximate surface area is 158 Å². The number of aromatic nitrogens is 5. The smallest absolute Gasteiger partial charge is 0.222 e. The van der Waals surface area contributed by atoms with Crippen molar-refractivity contribution in [1.82, 2.24) is 30.0 Å². The fourth-order valence-corrected chi connectivity index (χ4v) is 3.32. The van der Waals surface area contributed by atoms with Crippen LogP contribution in [0.2, 0.25) is 0 Å².